The molecule has 0 saturated heterocycles. The number of aldehydes is 1. The minimum atomic E-state index is -0.412. The lowest BCUT2D eigenvalue weighted by atomic mass is 9.46. The first kappa shape index (κ1) is 18.9. The Kier molecular flexibility index (Phi) is 5.14. The highest BCUT2D eigenvalue weighted by Gasteiger charge is 2.57. The van der Waals surface area contributed by atoms with Gasteiger partial charge in [-0.3, -0.25) is 9.59 Å². The number of ether oxygens (including phenoxy) is 1. The lowest BCUT2D eigenvalue weighted by Gasteiger charge is -2.57. The molecular formula is C22H30O4. The van der Waals surface area contributed by atoms with Crippen LogP contribution in [0.5, 0.6) is 0 Å². The van der Waals surface area contributed by atoms with Crippen LogP contribution < -0.4 is 0 Å². The van der Waals surface area contributed by atoms with Crippen molar-refractivity contribution in [2.45, 2.75) is 58.8 Å². The van der Waals surface area contributed by atoms with Crippen LogP contribution in [0.2, 0.25) is 0 Å². The van der Waals surface area contributed by atoms with Gasteiger partial charge >= 0.3 is 5.97 Å². The molecule has 26 heavy (non-hydrogen) atoms. The summed E-state index contributed by atoms with van der Waals surface area (Å²) < 4.78 is 10.4. The summed E-state index contributed by atoms with van der Waals surface area (Å²) in [6.45, 7) is 8.80. The topological polar surface area (TPSA) is 56.5 Å². The molecule has 4 atom stereocenters. The molecule has 142 valence electrons. The van der Waals surface area contributed by atoms with Gasteiger partial charge in [-0.25, -0.2) is 0 Å². The Hall–Kier alpha value is -1.84. The van der Waals surface area contributed by atoms with Gasteiger partial charge in [0, 0.05) is 5.56 Å². The van der Waals surface area contributed by atoms with Crippen LogP contribution in [-0.4, -0.2) is 19.4 Å². The molecule has 0 aromatic carbocycles. The van der Waals surface area contributed by atoms with Crippen LogP contribution >= 0.6 is 0 Å². The van der Waals surface area contributed by atoms with Crippen molar-refractivity contribution in [1.82, 2.24) is 0 Å². The van der Waals surface area contributed by atoms with Crippen LogP contribution in [0, 0.1) is 22.7 Å². The number of allylic oxidation sites excluding steroid dienone is 1. The van der Waals surface area contributed by atoms with Gasteiger partial charge in [-0.1, -0.05) is 25.5 Å². The molecule has 1 aromatic rings. The Morgan fingerprint density at radius 3 is 2.88 bits per heavy atom. The van der Waals surface area contributed by atoms with E-state index < -0.39 is 5.41 Å². The molecule has 4 nitrogen and oxygen atoms in total. The smallest absolute Gasteiger partial charge is 0.311 e. The Labute approximate surface area is 156 Å². The van der Waals surface area contributed by atoms with Gasteiger partial charge in [0.15, 0.2) is 12.0 Å². The number of hydrogen-bond acceptors (Lipinski definition) is 4. The van der Waals surface area contributed by atoms with Crippen molar-refractivity contribution >= 4 is 12.3 Å². The normalized spacial score (nSPS) is 34.2. The van der Waals surface area contributed by atoms with E-state index in [0.717, 1.165) is 56.8 Å². The first-order chi connectivity index (χ1) is 12.4. The van der Waals surface area contributed by atoms with Crippen LogP contribution in [0.4, 0.5) is 0 Å². The summed E-state index contributed by atoms with van der Waals surface area (Å²) in [6, 6.07) is 1.88. The molecule has 4 heteroatoms. The van der Waals surface area contributed by atoms with Crippen molar-refractivity contribution in [2.75, 3.05) is 7.11 Å². The summed E-state index contributed by atoms with van der Waals surface area (Å²) in [6.07, 6.45) is 9.10. The SMILES string of the molecule is C=C1CC[C@H]2[C@](C)(CCC[C@]2(C)C(=O)OC)[C@H]1CCc1ccoc1C=O. The van der Waals surface area contributed by atoms with E-state index in [1.165, 1.54) is 12.7 Å². The predicted octanol–water partition coefficient (Wildman–Crippen LogP) is 4.98. The average Bonchev–Trinajstić information content (AvgIpc) is 3.07. The van der Waals surface area contributed by atoms with E-state index in [-0.39, 0.29) is 11.4 Å². The van der Waals surface area contributed by atoms with Crippen molar-refractivity contribution in [1.29, 1.82) is 0 Å². The van der Waals surface area contributed by atoms with Gasteiger partial charge < -0.3 is 9.15 Å². The molecule has 0 unspecified atom stereocenters. The van der Waals surface area contributed by atoms with Gasteiger partial charge in [0.25, 0.3) is 0 Å². The fourth-order valence-corrected chi connectivity index (χ4v) is 5.92. The third-order valence-electron chi connectivity index (χ3n) is 7.26. The maximum Gasteiger partial charge on any atom is 0.311 e. The second kappa shape index (κ2) is 7.05. The average molecular weight is 358 g/mol. The number of furan rings is 1. The molecule has 2 aliphatic rings. The van der Waals surface area contributed by atoms with E-state index in [4.69, 9.17) is 9.15 Å². The Balaban J connectivity index is 1.86. The second-order valence-electron chi connectivity index (χ2n) is 8.54. The highest BCUT2D eigenvalue weighted by Crippen LogP contribution is 2.62. The molecule has 1 heterocycles. The number of methoxy groups -OCH3 is 1. The molecule has 0 spiro atoms. The Morgan fingerprint density at radius 1 is 1.42 bits per heavy atom. The Morgan fingerprint density at radius 2 is 2.19 bits per heavy atom. The maximum atomic E-state index is 12.6. The Bertz CT molecular complexity index is 703. The van der Waals surface area contributed by atoms with Gasteiger partial charge in [-0.15, -0.1) is 0 Å². The zero-order chi connectivity index (χ0) is 18.9. The third-order valence-corrected chi connectivity index (χ3v) is 7.26. The van der Waals surface area contributed by atoms with Crippen LogP contribution in [0.15, 0.2) is 28.9 Å². The predicted molar refractivity (Wildman–Crippen MR) is 99.9 cm³/mol. The van der Waals surface area contributed by atoms with Crippen molar-refractivity contribution in [2.24, 2.45) is 22.7 Å². The number of fused-ring (bicyclic) bond motifs is 1. The number of aryl methyl sites for hydroxylation is 1. The summed E-state index contributed by atoms with van der Waals surface area (Å²) in [5, 5.41) is 0. The minimum absolute atomic E-state index is 0.0433. The first-order valence-electron chi connectivity index (χ1n) is 9.64. The third kappa shape index (κ3) is 2.93. The van der Waals surface area contributed by atoms with Gasteiger partial charge in [0.05, 0.1) is 18.8 Å². The zero-order valence-corrected chi connectivity index (χ0v) is 16.2. The fourth-order valence-electron chi connectivity index (χ4n) is 5.92. The highest BCUT2D eigenvalue weighted by molar-refractivity contribution is 5.77. The molecule has 0 bridgehead atoms. The molecule has 0 radical (unpaired) electrons. The largest absolute Gasteiger partial charge is 0.469 e. The number of rotatable bonds is 5. The summed E-state index contributed by atoms with van der Waals surface area (Å²) >= 11 is 0. The highest BCUT2D eigenvalue weighted by atomic mass is 16.5. The van der Waals surface area contributed by atoms with Gasteiger partial charge in [0.1, 0.15) is 0 Å². The van der Waals surface area contributed by atoms with Crippen LogP contribution in [0.1, 0.15) is 68.5 Å². The standard InChI is InChI=1S/C22H30O4/c1-15-6-9-19-21(2,11-5-12-22(19,3)20(24)25-4)17(15)8-7-16-10-13-26-18(16)14-23/h10,13-14,17,19H,1,5-9,11-12H2,2-4H3/t17-,19-,21+,22-/m0/s1. The number of hydrogen-bond donors (Lipinski definition) is 0. The van der Waals surface area contributed by atoms with E-state index in [1.54, 1.807) is 6.26 Å². The van der Waals surface area contributed by atoms with E-state index >= 15 is 0 Å². The van der Waals surface area contributed by atoms with Crippen LogP contribution in [0.3, 0.4) is 0 Å². The van der Waals surface area contributed by atoms with E-state index in [2.05, 4.69) is 20.4 Å². The summed E-state index contributed by atoms with van der Waals surface area (Å²) in [5.41, 5.74) is 1.88. The molecular weight excluding hydrogens is 328 g/mol. The van der Waals surface area contributed by atoms with Gasteiger partial charge in [0.2, 0.25) is 0 Å². The molecule has 0 N–H and O–H groups in total. The molecule has 3 rings (SSSR count). The molecule has 2 saturated carbocycles. The van der Waals surface area contributed by atoms with Crippen molar-refractivity contribution in [3.8, 4) is 0 Å². The lowest BCUT2D eigenvalue weighted by Crippen LogP contribution is -2.53. The zero-order valence-electron chi connectivity index (χ0n) is 16.2. The van der Waals surface area contributed by atoms with Crippen molar-refractivity contribution in [3.05, 3.63) is 35.8 Å². The molecule has 2 aliphatic carbocycles. The van der Waals surface area contributed by atoms with Crippen LogP contribution in [-0.2, 0) is 16.0 Å². The van der Waals surface area contributed by atoms with Gasteiger partial charge in [-0.2, -0.15) is 0 Å². The molecule has 0 amide bonds. The van der Waals surface area contributed by atoms with Gasteiger partial charge in [-0.05, 0) is 68.8 Å². The molecule has 0 aliphatic heterocycles. The second-order valence-corrected chi connectivity index (χ2v) is 8.54. The van der Waals surface area contributed by atoms with Crippen molar-refractivity contribution < 1.29 is 18.7 Å². The summed E-state index contributed by atoms with van der Waals surface area (Å²) in [7, 11) is 1.50. The first-order valence-corrected chi connectivity index (χ1v) is 9.64. The fraction of sp³-hybridized carbons (Fsp3) is 0.636. The summed E-state index contributed by atoms with van der Waals surface area (Å²) in [5.74, 6) is 1.01. The van der Waals surface area contributed by atoms with E-state index in [1.807, 2.05) is 6.07 Å². The monoisotopic (exact) mass is 358 g/mol. The van der Waals surface area contributed by atoms with E-state index in [9.17, 15) is 9.59 Å². The summed E-state index contributed by atoms with van der Waals surface area (Å²) in [4.78, 5) is 23.7. The van der Waals surface area contributed by atoms with E-state index in [0.29, 0.717) is 17.6 Å². The quantitative estimate of drug-likeness (QED) is 0.423. The van der Waals surface area contributed by atoms with Crippen LogP contribution in [0.25, 0.3) is 0 Å². The molecule has 2 fully saturated rings. The van der Waals surface area contributed by atoms with Crippen molar-refractivity contribution in [3.63, 3.8) is 0 Å². The number of esters is 1. The number of carbonyl (C=O) groups is 2. The lowest BCUT2D eigenvalue weighted by molar-refractivity contribution is -0.168. The molecule has 1 aromatic heterocycles. The minimum Gasteiger partial charge on any atom is -0.469 e. The number of carbonyl (C=O) groups excluding carboxylic acids is 2. The maximum absolute atomic E-state index is 12.6.